The number of aromatic amines is 2. The standard InChI is InChI=1S/C12H6N12/c1-2-6-4-8-15-10(22-20-8)17-12-18-11(23-24-12)16-9-14-7(19-21-9)3-5(1)13-6/h1-4H,(H2,14,15,16,17,18,19,20,21,22,23,24). The van der Waals surface area contributed by atoms with E-state index in [4.69, 9.17) is 0 Å². The molecule has 0 spiro atoms. The first-order valence-corrected chi connectivity index (χ1v) is 6.80. The number of nitrogens with one attached hydrogen (secondary N) is 2. The number of nitrogens with zero attached hydrogens (tertiary/aromatic N) is 10. The quantitative estimate of drug-likeness (QED) is 0.431. The van der Waals surface area contributed by atoms with Crippen LogP contribution in [0, 0.1) is 0 Å². The molecular formula is C12H6N12. The Hall–Kier alpha value is -3.96. The molecule has 5 heterocycles. The van der Waals surface area contributed by atoms with E-state index in [0.29, 0.717) is 22.7 Å². The average molecular weight is 318 g/mol. The summed E-state index contributed by atoms with van der Waals surface area (Å²) >= 11 is 0. The lowest BCUT2D eigenvalue weighted by Crippen LogP contribution is -1.77. The summed E-state index contributed by atoms with van der Waals surface area (Å²) in [6, 6.07) is 3.48. The molecule has 0 unspecified atom stereocenters. The fourth-order valence-corrected chi connectivity index (χ4v) is 2.11. The van der Waals surface area contributed by atoms with E-state index in [2.05, 4.69) is 60.5 Å². The summed E-state index contributed by atoms with van der Waals surface area (Å²) in [7, 11) is 0. The van der Waals surface area contributed by atoms with Crippen molar-refractivity contribution in [2.45, 2.75) is 0 Å². The molecule has 24 heavy (non-hydrogen) atoms. The van der Waals surface area contributed by atoms with E-state index >= 15 is 0 Å². The van der Waals surface area contributed by atoms with E-state index in [1.807, 2.05) is 12.2 Å². The Labute approximate surface area is 131 Å². The van der Waals surface area contributed by atoms with Crippen LogP contribution in [0.5, 0.6) is 0 Å². The first-order chi connectivity index (χ1) is 11.8. The van der Waals surface area contributed by atoms with Crippen LogP contribution in [0.4, 0.5) is 11.9 Å². The lowest BCUT2D eigenvalue weighted by Gasteiger charge is -1.81. The summed E-state index contributed by atoms with van der Waals surface area (Å²) in [4.78, 5) is 22.6. The van der Waals surface area contributed by atoms with Crippen LogP contribution in [0.25, 0.3) is 35.0 Å². The van der Waals surface area contributed by atoms with Crippen molar-refractivity contribution in [2.24, 2.45) is 10.2 Å². The second kappa shape index (κ2) is 4.77. The van der Waals surface area contributed by atoms with Gasteiger partial charge in [0.25, 0.3) is 23.5 Å². The van der Waals surface area contributed by atoms with Crippen LogP contribution in [0.3, 0.4) is 0 Å². The largest absolute Gasteiger partial charge is 0.306 e. The summed E-state index contributed by atoms with van der Waals surface area (Å²) in [5.74, 6) is 0.743. The Bertz CT molecular complexity index is 992. The zero-order chi connectivity index (χ0) is 15.9. The Morgan fingerprint density at radius 1 is 0.583 bits per heavy atom. The summed E-state index contributed by atoms with van der Waals surface area (Å²) in [6.07, 6.45) is 3.70. The minimum Gasteiger partial charge on any atom is -0.306 e. The van der Waals surface area contributed by atoms with Crippen LogP contribution < -0.4 is 0 Å². The van der Waals surface area contributed by atoms with Gasteiger partial charge < -0.3 is 9.97 Å². The number of H-pyrrole nitrogens is 2. The van der Waals surface area contributed by atoms with E-state index in [9.17, 15) is 0 Å². The molecule has 5 rings (SSSR count). The molecule has 0 aromatic carbocycles. The van der Waals surface area contributed by atoms with Gasteiger partial charge in [0.1, 0.15) is 0 Å². The minimum absolute atomic E-state index is 0.114. The summed E-state index contributed by atoms with van der Waals surface area (Å²) in [6.45, 7) is 0. The fourth-order valence-electron chi connectivity index (χ4n) is 2.11. The van der Waals surface area contributed by atoms with Gasteiger partial charge in [-0.25, -0.2) is 4.98 Å². The molecule has 2 aliphatic heterocycles. The fraction of sp³-hybridized carbons (Fsp3) is 0. The van der Waals surface area contributed by atoms with Crippen molar-refractivity contribution >= 4 is 46.9 Å². The topological polar surface area (TPSA) is 159 Å². The molecule has 0 saturated carbocycles. The van der Waals surface area contributed by atoms with Gasteiger partial charge in [-0.05, 0) is 12.2 Å². The number of hydrogen-bond acceptors (Lipinski definition) is 10. The molecule has 12 nitrogen and oxygen atoms in total. The van der Waals surface area contributed by atoms with Crippen LogP contribution in [0.2, 0.25) is 0 Å². The van der Waals surface area contributed by atoms with Gasteiger partial charge in [-0.15, -0.1) is 30.6 Å². The SMILES string of the molecule is C1=Cc2cc3nnc(nc4nc(nc5nnc(cc1n2)[nH]5)N=N4)[nH]3. The normalized spacial score (nSPS) is 12.7. The Kier molecular flexibility index (Phi) is 2.50. The summed E-state index contributed by atoms with van der Waals surface area (Å²) < 4.78 is 0. The van der Waals surface area contributed by atoms with E-state index in [1.54, 1.807) is 12.1 Å². The molecular weight excluding hydrogens is 312 g/mol. The third-order valence-corrected chi connectivity index (χ3v) is 3.08. The van der Waals surface area contributed by atoms with Crippen LogP contribution in [0.1, 0.15) is 11.4 Å². The van der Waals surface area contributed by atoms with Gasteiger partial charge >= 0.3 is 0 Å². The van der Waals surface area contributed by atoms with Gasteiger partial charge in [-0.3, -0.25) is 0 Å². The second-order valence-corrected chi connectivity index (χ2v) is 4.79. The van der Waals surface area contributed by atoms with Gasteiger partial charge in [0, 0.05) is 12.1 Å². The highest BCUT2D eigenvalue weighted by Crippen LogP contribution is 2.17. The molecule has 0 saturated heterocycles. The van der Waals surface area contributed by atoms with Crippen LogP contribution >= 0.6 is 0 Å². The van der Waals surface area contributed by atoms with E-state index < -0.39 is 0 Å². The molecule has 2 N–H and O–H groups in total. The van der Waals surface area contributed by atoms with Gasteiger partial charge in [-0.2, -0.15) is 15.0 Å². The second-order valence-electron chi connectivity index (χ2n) is 4.79. The third kappa shape index (κ3) is 2.27. The van der Waals surface area contributed by atoms with Crippen molar-refractivity contribution in [3.8, 4) is 0 Å². The predicted octanol–water partition coefficient (Wildman–Crippen LogP) is 1.27. The Morgan fingerprint density at radius 3 is 1.67 bits per heavy atom. The maximum atomic E-state index is 4.43. The lowest BCUT2D eigenvalue weighted by molar-refractivity contribution is 1.10. The molecule has 2 aliphatic rings. The highest BCUT2D eigenvalue weighted by Gasteiger charge is 2.06. The number of fused-ring (bicyclic) bond motifs is 8. The van der Waals surface area contributed by atoms with Crippen LogP contribution in [0.15, 0.2) is 22.4 Å². The molecule has 0 aliphatic carbocycles. The van der Waals surface area contributed by atoms with Crippen molar-refractivity contribution in [2.75, 3.05) is 0 Å². The molecule has 0 radical (unpaired) electrons. The van der Waals surface area contributed by atoms with E-state index in [-0.39, 0.29) is 23.5 Å². The minimum atomic E-state index is 0.114. The zero-order valence-corrected chi connectivity index (χ0v) is 11.8. The number of aromatic nitrogens is 10. The molecule has 12 heteroatoms. The smallest absolute Gasteiger partial charge is 0.275 e. The van der Waals surface area contributed by atoms with Gasteiger partial charge in [0.2, 0.25) is 0 Å². The lowest BCUT2D eigenvalue weighted by atomic mass is 10.4. The first-order valence-electron chi connectivity index (χ1n) is 6.80. The van der Waals surface area contributed by atoms with Crippen molar-refractivity contribution in [1.82, 2.24) is 50.3 Å². The van der Waals surface area contributed by atoms with Gasteiger partial charge in [0.05, 0.1) is 11.4 Å². The third-order valence-electron chi connectivity index (χ3n) is 3.08. The maximum absolute atomic E-state index is 4.43. The number of hydrogen-bond donors (Lipinski definition) is 2. The molecule has 0 amide bonds. The molecule has 8 bridgehead atoms. The Balaban J connectivity index is 1.85. The summed E-state index contributed by atoms with van der Waals surface area (Å²) in [5.41, 5.74) is 2.46. The van der Waals surface area contributed by atoms with Crippen LogP contribution in [-0.4, -0.2) is 50.3 Å². The first kappa shape index (κ1) is 12.6. The van der Waals surface area contributed by atoms with E-state index in [1.165, 1.54) is 0 Å². The maximum Gasteiger partial charge on any atom is 0.275 e. The highest BCUT2D eigenvalue weighted by atomic mass is 15.4. The molecule has 0 fully saturated rings. The molecule has 3 aromatic rings. The number of azo groups is 1. The van der Waals surface area contributed by atoms with Gasteiger partial charge in [0.15, 0.2) is 11.3 Å². The van der Waals surface area contributed by atoms with Crippen molar-refractivity contribution < 1.29 is 0 Å². The molecule has 3 aromatic heterocycles. The average Bonchev–Trinajstić information content (AvgIpc) is 3.32. The van der Waals surface area contributed by atoms with Crippen molar-refractivity contribution in [3.63, 3.8) is 0 Å². The predicted molar refractivity (Wildman–Crippen MR) is 80.9 cm³/mol. The monoisotopic (exact) mass is 318 g/mol. The highest BCUT2D eigenvalue weighted by molar-refractivity contribution is 5.72. The summed E-state index contributed by atoms with van der Waals surface area (Å²) in [5, 5.41) is 23.4. The molecule has 0 atom stereocenters. The van der Waals surface area contributed by atoms with Gasteiger partial charge in [-0.1, -0.05) is 0 Å². The Morgan fingerprint density at radius 2 is 1.12 bits per heavy atom. The molecule has 114 valence electrons. The zero-order valence-electron chi connectivity index (χ0n) is 11.8. The van der Waals surface area contributed by atoms with Crippen LogP contribution in [-0.2, 0) is 0 Å². The number of rotatable bonds is 0. The van der Waals surface area contributed by atoms with Crippen molar-refractivity contribution in [1.29, 1.82) is 0 Å². The van der Waals surface area contributed by atoms with E-state index in [0.717, 1.165) is 0 Å². The van der Waals surface area contributed by atoms with Crippen molar-refractivity contribution in [3.05, 3.63) is 23.5 Å².